The predicted molar refractivity (Wildman–Crippen MR) is 266 cm³/mol. The normalized spacial score (nSPS) is 13.0. The minimum Gasteiger partial charge on any atom is -0.309 e. The van der Waals surface area contributed by atoms with Crippen LogP contribution in [0.4, 0.5) is 0 Å². The van der Waals surface area contributed by atoms with Gasteiger partial charge in [0.15, 0.2) is 17.5 Å². The monoisotopic (exact) mass is 816 g/mol. The van der Waals surface area contributed by atoms with E-state index in [4.69, 9.17) is 15.0 Å². The van der Waals surface area contributed by atoms with Crippen LogP contribution in [-0.2, 0) is 5.41 Å². The van der Waals surface area contributed by atoms with E-state index in [-0.39, 0.29) is 5.41 Å². The van der Waals surface area contributed by atoms with Gasteiger partial charge in [-0.25, -0.2) is 15.0 Å². The highest BCUT2D eigenvalue weighted by molar-refractivity contribution is 6.29. The van der Waals surface area contributed by atoms with Crippen molar-refractivity contribution in [3.63, 3.8) is 0 Å². The number of benzene rings is 10. The van der Waals surface area contributed by atoms with Crippen molar-refractivity contribution in [2.24, 2.45) is 0 Å². The van der Waals surface area contributed by atoms with Gasteiger partial charge in [-0.2, -0.15) is 0 Å². The summed E-state index contributed by atoms with van der Waals surface area (Å²) in [4.78, 5) is 15.7. The van der Waals surface area contributed by atoms with Gasteiger partial charge in [0.2, 0.25) is 0 Å². The van der Waals surface area contributed by atoms with E-state index in [0.717, 1.165) is 44.3 Å². The van der Waals surface area contributed by atoms with Gasteiger partial charge in [0.25, 0.3) is 0 Å². The van der Waals surface area contributed by atoms with Crippen LogP contribution in [-0.4, -0.2) is 19.5 Å². The Balaban J connectivity index is 1.04. The summed E-state index contributed by atoms with van der Waals surface area (Å²) in [5, 5.41) is 9.60. The lowest BCUT2D eigenvalue weighted by molar-refractivity contribution is 0.661. The van der Waals surface area contributed by atoms with Gasteiger partial charge >= 0.3 is 0 Å². The molecule has 0 amide bonds. The molecule has 0 aliphatic heterocycles. The molecular weight excluding hydrogens is 777 g/mol. The van der Waals surface area contributed by atoms with Crippen molar-refractivity contribution in [3.8, 4) is 62.1 Å². The van der Waals surface area contributed by atoms with Crippen LogP contribution in [0.5, 0.6) is 0 Å². The molecule has 0 bridgehead atoms. The van der Waals surface area contributed by atoms with E-state index in [1.807, 2.05) is 36.4 Å². The van der Waals surface area contributed by atoms with Crippen LogP contribution in [0.1, 0.15) is 25.0 Å². The Morgan fingerprint density at radius 1 is 0.328 bits per heavy atom. The third kappa shape index (κ3) is 5.45. The number of fused-ring (bicyclic) bond motifs is 12. The Morgan fingerprint density at radius 3 is 1.56 bits per heavy atom. The molecule has 0 N–H and O–H groups in total. The first kappa shape index (κ1) is 36.4. The third-order valence-corrected chi connectivity index (χ3v) is 13.6. The minimum atomic E-state index is -0.100. The first-order chi connectivity index (χ1) is 31.5. The fourth-order valence-electron chi connectivity index (χ4n) is 10.5. The summed E-state index contributed by atoms with van der Waals surface area (Å²) >= 11 is 0. The molecule has 64 heavy (non-hydrogen) atoms. The van der Waals surface area contributed by atoms with Crippen molar-refractivity contribution in [1.29, 1.82) is 0 Å². The Morgan fingerprint density at radius 2 is 0.875 bits per heavy atom. The molecule has 2 heterocycles. The summed E-state index contributed by atoms with van der Waals surface area (Å²) in [5.41, 5.74) is 13.9. The van der Waals surface area contributed by atoms with Gasteiger partial charge in [-0.1, -0.05) is 178 Å². The van der Waals surface area contributed by atoms with E-state index in [9.17, 15) is 0 Å². The first-order valence-electron chi connectivity index (χ1n) is 22.0. The number of para-hydroxylation sites is 1. The molecule has 1 aliphatic rings. The summed E-state index contributed by atoms with van der Waals surface area (Å²) in [5.74, 6) is 1.92. The Labute approximate surface area is 370 Å². The van der Waals surface area contributed by atoms with E-state index in [1.165, 1.54) is 65.6 Å². The van der Waals surface area contributed by atoms with Crippen LogP contribution in [0.2, 0.25) is 0 Å². The van der Waals surface area contributed by atoms with Crippen LogP contribution in [0.25, 0.3) is 116 Å². The molecule has 0 radical (unpaired) electrons. The molecular formula is C60H40N4. The second kappa shape index (κ2) is 13.9. The van der Waals surface area contributed by atoms with Gasteiger partial charge in [0.05, 0.1) is 11.0 Å². The molecule has 13 rings (SSSR count). The van der Waals surface area contributed by atoms with Crippen molar-refractivity contribution in [2.75, 3.05) is 0 Å². The fourth-order valence-corrected chi connectivity index (χ4v) is 10.5. The lowest BCUT2D eigenvalue weighted by Crippen LogP contribution is -2.14. The highest BCUT2D eigenvalue weighted by atomic mass is 15.0. The van der Waals surface area contributed by atoms with Crippen molar-refractivity contribution in [1.82, 2.24) is 19.5 Å². The molecule has 2 aromatic heterocycles. The van der Waals surface area contributed by atoms with E-state index >= 15 is 0 Å². The molecule has 12 aromatic rings. The first-order valence-corrected chi connectivity index (χ1v) is 22.0. The molecule has 0 saturated heterocycles. The maximum Gasteiger partial charge on any atom is 0.164 e. The SMILES string of the molecule is CC1(C)c2ccccc2-c2cc3c4ccccc4n(-c4ccc(-c5cc(-c6nc(-c7ccccc7)nc(-c7ccccc7)n6)c6c7ccccc7c7ccccc7c6c5)cc4)c3cc21. The number of aromatic nitrogens is 4. The summed E-state index contributed by atoms with van der Waals surface area (Å²) < 4.78 is 2.44. The summed E-state index contributed by atoms with van der Waals surface area (Å²) in [7, 11) is 0. The average Bonchev–Trinajstić information content (AvgIpc) is 3.80. The second-order valence-corrected chi connectivity index (χ2v) is 17.6. The molecule has 0 fully saturated rings. The maximum absolute atomic E-state index is 5.30. The summed E-state index contributed by atoms with van der Waals surface area (Å²) in [6.45, 7) is 4.72. The molecule has 4 heteroatoms. The van der Waals surface area contributed by atoms with E-state index in [1.54, 1.807) is 0 Å². The molecule has 4 nitrogen and oxygen atoms in total. The van der Waals surface area contributed by atoms with Gasteiger partial charge in [0, 0.05) is 44.0 Å². The van der Waals surface area contributed by atoms with Gasteiger partial charge in [-0.3, -0.25) is 0 Å². The zero-order valence-corrected chi connectivity index (χ0v) is 35.4. The van der Waals surface area contributed by atoms with Crippen LogP contribution < -0.4 is 0 Å². The Kier molecular flexibility index (Phi) is 7.92. The minimum absolute atomic E-state index is 0.100. The molecule has 1 aliphatic carbocycles. The summed E-state index contributed by atoms with van der Waals surface area (Å²) in [6.07, 6.45) is 0. The highest BCUT2D eigenvalue weighted by Crippen LogP contribution is 2.51. The molecule has 0 spiro atoms. The van der Waals surface area contributed by atoms with Crippen LogP contribution in [0, 0.1) is 0 Å². The number of nitrogens with zero attached hydrogens (tertiary/aromatic N) is 4. The lowest BCUT2D eigenvalue weighted by Gasteiger charge is -2.21. The third-order valence-electron chi connectivity index (χ3n) is 13.6. The molecule has 300 valence electrons. The van der Waals surface area contributed by atoms with Crippen LogP contribution in [0.15, 0.2) is 206 Å². The molecule has 0 saturated carbocycles. The number of hydrogen-bond donors (Lipinski definition) is 0. The lowest BCUT2D eigenvalue weighted by atomic mass is 9.82. The van der Waals surface area contributed by atoms with Crippen molar-refractivity contribution in [3.05, 3.63) is 217 Å². The summed E-state index contributed by atoms with van der Waals surface area (Å²) in [6, 6.07) is 74.3. The zero-order chi connectivity index (χ0) is 42.5. The van der Waals surface area contributed by atoms with E-state index in [2.05, 4.69) is 188 Å². The second-order valence-electron chi connectivity index (χ2n) is 17.6. The van der Waals surface area contributed by atoms with Gasteiger partial charge < -0.3 is 4.57 Å². The van der Waals surface area contributed by atoms with Gasteiger partial charge in [-0.15, -0.1) is 0 Å². The largest absolute Gasteiger partial charge is 0.309 e. The topological polar surface area (TPSA) is 43.6 Å². The smallest absolute Gasteiger partial charge is 0.164 e. The quantitative estimate of drug-likeness (QED) is 0.163. The van der Waals surface area contributed by atoms with Gasteiger partial charge in [-0.05, 0) is 103 Å². The van der Waals surface area contributed by atoms with Crippen molar-refractivity contribution >= 4 is 54.1 Å². The van der Waals surface area contributed by atoms with Crippen LogP contribution in [0.3, 0.4) is 0 Å². The Bertz CT molecular complexity index is 3790. The zero-order valence-electron chi connectivity index (χ0n) is 35.4. The molecule has 0 atom stereocenters. The maximum atomic E-state index is 5.30. The van der Waals surface area contributed by atoms with Crippen LogP contribution >= 0.6 is 0 Å². The number of hydrogen-bond acceptors (Lipinski definition) is 3. The molecule has 0 unspecified atom stereocenters. The van der Waals surface area contributed by atoms with E-state index < -0.39 is 0 Å². The standard InChI is InChI=1S/C60H40N4/c1-60(2)52-27-15-13-24-45(52)48-35-49-46-25-14-16-28-54(46)64(55(49)36-53(48)60)41-31-29-37(30-32-41)40-33-50-44-23-10-9-21-42(44)43-22-11-12-26-47(43)56(50)51(34-40)59-62-57(38-17-5-3-6-18-38)61-58(63-59)39-19-7-4-8-20-39/h3-36H,1-2H3. The molecule has 10 aromatic carbocycles. The van der Waals surface area contributed by atoms with Crippen molar-refractivity contribution < 1.29 is 0 Å². The van der Waals surface area contributed by atoms with Gasteiger partial charge in [0.1, 0.15) is 0 Å². The Hall–Kier alpha value is -8.21. The highest BCUT2D eigenvalue weighted by Gasteiger charge is 2.36. The predicted octanol–water partition coefficient (Wildman–Crippen LogP) is 15.4. The fraction of sp³-hybridized carbons (Fsp3) is 0.0500. The average molecular weight is 817 g/mol. The van der Waals surface area contributed by atoms with Crippen molar-refractivity contribution in [2.45, 2.75) is 19.3 Å². The number of rotatable bonds is 5. The van der Waals surface area contributed by atoms with E-state index in [0.29, 0.717) is 17.5 Å².